The molecule has 1 rings (SSSR count). The molecule has 1 fully saturated rings. The van der Waals surface area contributed by atoms with E-state index in [9.17, 15) is 9.59 Å². The van der Waals surface area contributed by atoms with Crippen LogP contribution in [0.2, 0.25) is 0 Å². The Kier molecular flexibility index (Phi) is 6.27. The Labute approximate surface area is 135 Å². The number of thioether (sulfide) groups is 1. The lowest BCUT2D eigenvalue weighted by atomic mass is 10.2. The van der Waals surface area contributed by atoms with E-state index in [1.54, 1.807) is 34.1 Å². The van der Waals surface area contributed by atoms with E-state index in [1.807, 2.05) is 0 Å². The maximum atomic E-state index is 12.2. The van der Waals surface area contributed by atoms with E-state index in [2.05, 4.69) is 0 Å². The van der Waals surface area contributed by atoms with Crippen LogP contribution >= 0.6 is 24.0 Å². The van der Waals surface area contributed by atoms with Crippen LogP contribution in [-0.4, -0.2) is 57.8 Å². The van der Waals surface area contributed by atoms with Crippen molar-refractivity contribution in [1.29, 1.82) is 0 Å². The Morgan fingerprint density at radius 3 is 2.52 bits per heavy atom. The van der Waals surface area contributed by atoms with Gasteiger partial charge in [0.05, 0.1) is 0 Å². The highest BCUT2D eigenvalue weighted by Gasteiger charge is 2.38. The Bertz CT molecular complexity index is 423. The molecule has 1 saturated heterocycles. The third-order valence-electron chi connectivity index (χ3n) is 2.81. The molecule has 1 heterocycles. The van der Waals surface area contributed by atoms with Crippen LogP contribution < -0.4 is 0 Å². The van der Waals surface area contributed by atoms with Gasteiger partial charge in [0.2, 0.25) is 0 Å². The van der Waals surface area contributed by atoms with Gasteiger partial charge in [-0.05, 0) is 52.1 Å². The molecule has 8 heteroatoms. The summed E-state index contributed by atoms with van der Waals surface area (Å²) in [6, 6.07) is -0.619. The third-order valence-corrected chi connectivity index (χ3v) is 4.17. The van der Waals surface area contributed by atoms with Crippen LogP contribution in [0.1, 0.15) is 33.6 Å². The Morgan fingerprint density at radius 1 is 1.38 bits per heavy atom. The molecule has 120 valence electrons. The number of hydrogen-bond acceptors (Lipinski definition) is 6. The van der Waals surface area contributed by atoms with Crippen molar-refractivity contribution in [2.75, 3.05) is 19.8 Å². The SMILES string of the molecule is CSC(=S)N(C)OC(=O)C1CCCN1C(=O)OC(C)(C)C. The zero-order chi connectivity index (χ0) is 16.2. The average molecular weight is 334 g/mol. The van der Waals surface area contributed by atoms with Crippen LogP contribution in [0.4, 0.5) is 4.79 Å². The summed E-state index contributed by atoms with van der Waals surface area (Å²) >= 11 is 6.34. The fourth-order valence-electron chi connectivity index (χ4n) is 1.91. The van der Waals surface area contributed by atoms with Gasteiger partial charge in [-0.15, -0.1) is 0 Å². The van der Waals surface area contributed by atoms with Crippen molar-refractivity contribution in [3.8, 4) is 0 Å². The van der Waals surface area contributed by atoms with Crippen molar-refractivity contribution in [2.24, 2.45) is 0 Å². The van der Waals surface area contributed by atoms with Crippen molar-refractivity contribution < 1.29 is 19.2 Å². The molecule has 0 aliphatic carbocycles. The van der Waals surface area contributed by atoms with Gasteiger partial charge in [-0.3, -0.25) is 4.90 Å². The van der Waals surface area contributed by atoms with Gasteiger partial charge in [0.15, 0.2) is 4.32 Å². The van der Waals surface area contributed by atoms with Crippen LogP contribution in [0.15, 0.2) is 0 Å². The highest BCUT2D eigenvalue weighted by molar-refractivity contribution is 8.22. The molecule has 0 saturated carbocycles. The molecular weight excluding hydrogens is 312 g/mol. The molecule has 1 unspecified atom stereocenters. The molecule has 1 aliphatic rings. The van der Waals surface area contributed by atoms with Crippen molar-refractivity contribution in [1.82, 2.24) is 9.96 Å². The molecule has 0 aromatic heterocycles. The molecule has 1 aliphatic heterocycles. The zero-order valence-electron chi connectivity index (χ0n) is 13.0. The van der Waals surface area contributed by atoms with Gasteiger partial charge in [0.25, 0.3) is 0 Å². The standard InChI is InChI=1S/C13H22N2O4S2/c1-13(2,3)18-11(17)15-8-6-7-9(15)10(16)19-14(4)12(20)21-5/h9H,6-8H2,1-5H3. The maximum Gasteiger partial charge on any atom is 0.411 e. The molecule has 1 atom stereocenters. The lowest BCUT2D eigenvalue weighted by molar-refractivity contribution is -0.173. The highest BCUT2D eigenvalue weighted by atomic mass is 32.2. The van der Waals surface area contributed by atoms with E-state index < -0.39 is 23.7 Å². The van der Waals surface area contributed by atoms with E-state index in [0.717, 1.165) is 6.42 Å². The minimum atomic E-state index is -0.619. The summed E-state index contributed by atoms with van der Waals surface area (Å²) in [5.41, 5.74) is -0.592. The smallest absolute Gasteiger partial charge is 0.411 e. The normalized spacial score (nSPS) is 18.3. The second-order valence-corrected chi connectivity index (χ2v) is 7.15. The fourth-order valence-corrected chi connectivity index (χ4v) is 2.24. The summed E-state index contributed by atoms with van der Waals surface area (Å²) in [4.78, 5) is 30.9. The van der Waals surface area contributed by atoms with Crippen LogP contribution in [0.3, 0.4) is 0 Å². The van der Waals surface area contributed by atoms with Crippen molar-refractivity contribution in [3.63, 3.8) is 0 Å². The Morgan fingerprint density at radius 2 is 2.00 bits per heavy atom. The first-order valence-electron chi connectivity index (χ1n) is 6.69. The number of thiocarbonyl (C=S) groups is 1. The molecule has 0 aromatic carbocycles. The lowest BCUT2D eigenvalue weighted by Gasteiger charge is -2.28. The minimum Gasteiger partial charge on any atom is -0.444 e. The summed E-state index contributed by atoms with van der Waals surface area (Å²) in [6.45, 7) is 5.86. The van der Waals surface area contributed by atoms with Gasteiger partial charge in [0, 0.05) is 13.6 Å². The molecule has 0 bridgehead atoms. The van der Waals surface area contributed by atoms with Crippen molar-refractivity contribution >= 4 is 40.4 Å². The van der Waals surface area contributed by atoms with Gasteiger partial charge in [-0.1, -0.05) is 11.8 Å². The van der Waals surface area contributed by atoms with E-state index >= 15 is 0 Å². The minimum absolute atomic E-state index is 0.449. The molecule has 0 spiro atoms. The first-order valence-corrected chi connectivity index (χ1v) is 8.32. The number of carbonyl (C=O) groups excluding carboxylic acids is 2. The average Bonchev–Trinajstić information content (AvgIpc) is 2.84. The van der Waals surface area contributed by atoms with Gasteiger partial charge >= 0.3 is 12.1 Å². The summed E-state index contributed by atoms with van der Waals surface area (Å²) in [6.07, 6.45) is 2.63. The first-order chi connectivity index (χ1) is 9.65. The maximum absolute atomic E-state index is 12.2. The second-order valence-electron chi connectivity index (χ2n) is 5.71. The van der Waals surface area contributed by atoms with Crippen molar-refractivity contribution in [3.05, 3.63) is 0 Å². The lowest BCUT2D eigenvalue weighted by Crippen LogP contribution is -2.45. The van der Waals surface area contributed by atoms with Crippen LogP contribution in [0.25, 0.3) is 0 Å². The third kappa shape index (κ3) is 5.35. The molecule has 0 N–H and O–H groups in total. The summed E-state index contributed by atoms with van der Waals surface area (Å²) in [7, 11) is 1.57. The number of carbonyl (C=O) groups is 2. The predicted octanol–water partition coefficient (Wildman–Crippen LogP) is 2.42. The first kappa shape index (κ1) is 18.0. The van der Waals surface area contributed by atoms with Gasteiger partial charge < -0.3 is 9.57 Å². The van der Waals surface area contributed by atoms with Gasteiger partial charge in [-0.2, -0.15) is 5.06 Å². The van der Waals surface area contributed by atoms with Crippen LogP contribution in [-0.2, 0) is 14.4 Å². The Balaban J connectivity index is 2.66. The number of nitrogens with zero attached hydrogens (tertiary/aromatic N) is 2. The summed E-state index contributed by atoms with van der Waals surface area (Å²) < 4.78 is 5.76. The second kappa shape index (κ2) is 7.31. The van der Waals surface area contributed by atoms with Gasteiger partial charge in [0.1, 0.15) is 11.6 Å². The van der Waals surface area contributed by atoms with Gasteiger partial charge in [-0.25, -0.2) is 9.59 Å². The summed E-state index contributed by atoms with van der Waals surface area (Å²) in [5, 5.41) is 1.24. The van der Waals surface area contributed by atoms with E-state index in [4.69, 9.17) is 21.8 Å². The van der Waals surface area contributed by atoms with Crippen LogP contribution in [0.5, 0.6) is 0 Å². The number of hydrogen-bond donors (Lipinski definition) is 0. The van der Waals surface area contributed by atoms with Crippen LogP contribution in [0, 0.1) is 0 Å². The fraction of sp³-hybridized carbons (Fsp3) is 0.769. The molecule has 21 heavy (non-hydrogen) atoms. The number of likely N-dealkylation sites (tertiary alicyclic amines) is 1. The zero-order valence-corrected chi connectivity index (χ0v) is 14.7. The largest absolute Gasteiger partial charge is 0.444 e. The number of rotatable bonds is 1. The van der Waals surface area contributed by atoms with E-state index in [1.165, 1.54) is 21.7 Å². The molecule has 0 radical (unpaired) electrons. The van der Waals surface area contributed by atoms with Crippen molar-refractivity contribution in [2.45, 2.75) is 45.3 Å². The predicted molar refractivity (Wildman–Crippen MR) is 85.9 cm³/mol. The van der Waals surface area contributed by atoms with E-state index in [0.29, 0.717) is 17.3 Å². The number of amides is 1. The summed E-state index contributed by atoms with van der Waals surface area (Å²) in [5.74, 6) is -0.489. The highest BCUT2D eigenvalue weighted by Crippen LogP contribution is 2.22. The molecular formula is C13H22N2O4S2. The number of hydroxylamine groups is 2. The topological polar surface area (TPSA) is 59.1 Å². The number of ether oxygens (including phenoxy) is 1. The molecule has 0 aromatic rings. The Hall–Kier alpha value is -1.02. The molecule has 6 nitrogen and oxygen atoms in total. The quantitative estimate of drug-likeness (QED) is 0.539. The molecule has 1 amide bonds. The van der Waals surface area contributed by atoms with E-state index in [-0.39, 0.29) is 0 Å². The monoisotopic (exact) mass is 334 g/mol.